The lowest BCUT2D eigenvalue weighted by atomic mass is 9.90. The summed E-state index contributed by atoms with van der Waals surface area (Å²) in [5, 5.41) is 22.2. The molecule has 0 spiro atoms. The number of nitrogens with zero attached hydrogens (tertiary/aromatic N) is 2. The van der Waals surface area contributed by atoms with E-state index < -0.39 is 96.3 Å². The van der Waals surface area contributed by atoms with Crippen LogP contribution in [-0.4, -0.2) is 119 Å². The number of carbonyl (C=O) groups excluding carboxylic acids is 7. The Morgan fingerprint density at radius 1 is 0.823 bits per heavy atom. The molecule has 0 bridgehead atoms. The summed E-state index contributed by atoms with van der Waals surface area (Å²) in [4.78, 5) is 99.1. The summed E-state index contributed by atoms with van der Waals surface area (Å²) in [6.45, 7) is 12.9. The van der Waals surface area contributed by atoms with Gasteiger partial charge in [0.05, 0.1) is 12.6 Å². The molecule has 62 heavy (non-hydrogen) atoms. The first-order valence-corrected chi connectivity index (χ1v) is 21.3. The molecule has 0 saturated heterocycles. The summed E-state index contributed by atoms with van der Waals surface area (Å²) in [6, 6.07) is 12.5. The van der Waals surface area contributed by atoms with Gasteiger partial charge in [0.15, 0.2) is 0 Å². The van der Waals surface area contributed by atoms with E-state index >= 15 is 0 Å². The molecule has 3 rings (SSSR count). The molecule has 338 valence electrons. The standard InChI is InChI=1S/C47H66N6O9/c1-11-28(3)40-44(58)49-33(8)47(61)62-41(29(4)12-2)31(6)38(54)24-23-30(5)42(56)50-36(25-34-19-15-13-16-20-34)43(57)48-32(7)45(59)53(10)37(26-35-21-17-14-18-22-35)46(60)52(9)27-39(55)51-40/h12-23,28,31-33,36-38,40-41,54H,11,24-27H2,1-10H3,(H,48,57)(H,49,58)(H,50,56)(H,51,55)/b29-12+,30-23+/t28?,31-,32-,33+,36+,37+,38-,40?,41+/m0/s1. The van der Waals surface area contributed by atoms with Crippen LogP contribution in [0.5, 0.6) is 0 Å². The average molecular weight is 859 g/mol. The maximum atomic E-state index is 14.2. The number of aliphatic hydroxyl groups excluding tert-OH is 1. The number of rotatable bonds is 7. The summed E-state index contributed by atoms with van der Waals surface area (Å²) >= 11 is 0. The number of benzene rings is 2. The number of likely N-dealkylation sites (N-methyl/N-ethyl adjacent to an activating group) is 2. The van der Waals surface area contributed by atoms with E-state index in [2.05, 4.69) is 21.3 Å². The first-order valence-electron chi connectivity index (χ1n) is 21.3. The number of nitrogens with one attached hydrogen (secondary N) is 4. The lowest BCUT2D eigenvalue weighted by Crippen LogP contribution is -2.58. The summed E-state index contributed by atoms with van der Waals surface area (Å²) in [6.07, 6.45) is 1.99. The molecule has 1 heterocycles. The highest BCUT2D eigenvalue weighted by atomic mass is 16.5. The quantitative estimate of drug-likeness (QED) is 0.205. The Bertz CT molecular complexity index is 1940. The molecule has 15 heteroatoms. The minimum atomic E-state index is -1.15. The van der Waals surface area contributed by atoms with Gasteiger partial charge >= 0.3 is 5.97 Å². The number of allylic oxidation sites excluding steroid dienone is 1. The van der Waals surface area contributed by atoms with Crippen LogP contribution >= 0.6 is 0 Å². The second kappa shape index (κ2) is 24.0. The van der Waals surface area contributed by atoms with Crippen molar-refractivity contribution >= 4 is 41.4 Å². The number of hydrogen-bond acceptors (Lipinski definition) is 9. The monoisotopic (exact) mass is 858 g/mol. The smallest absolute Gasteiger partial charge is 0.328 e. The third-order valence-electron chi connectivity index (χ3n) is 11.5. The zero-order valence-electron chi connectivity index (χ0n) is 37.8. The van der Waals surface area contributed by atoms with Gasteiger partial charge in [0.1, 0.15) is 36.3 Å². The molecule has 9 atom stereocenters. The van der Waals surface area contributed by atoms with Gasteiger partial charge in [-0.15, -0.1) is 0 Å². The number of hydrogen-bond donors (Lipinski definition) is 5. The molecule has 2 aromatic rings. The number of carbonyl (C=O) groups is 7. The van der Waals surface area contributed by atoms with Gasteiger partial charge in [-0.25, -0.2) is 4.79 Å². The largest absolute Gasteiger partial charge is 0.456 e. The molecule has 6 amide bonds. The molecule has 0 aromatic heterocycles. The average Bonchev–Trinajstić information content (AvgIpc) is 3.26. The van der Waals surface area contributed by atoms with E-state index in [0.29, 0.717) is 12.0 Å². The van der Waals surface area contributed by atoms with E-state index in [0.717, 1.165) is 11.1 Å². The highest BCUT2D eigenvalue weighted by molar-refractivity contribution is 5.98. The van der Waals surface area contributed by atoms with Crippen molar-refractivity contribution in [2.45, 2.75) is 123 Å². The van der Waals surface area contributed by atoms with Crippen LogP contribution in [0.15, 0.2) is 84.0 Å². The fourth-order valence-corrected chi connectivity index (χ4v) is 7.04. The summed E-state index contributed by atoms with van der Waals surface area (Å²) in [7, 11) is 2.87. The van der Waals surface area contributed by atoms with Crippen molar-refractivity contribution in [3.8, 4) is 0 Å². The Kier molecular flexibility index (Phi) is 19.5. The second-order valence-electron chi connectivity index (χ2n) is 16.4. The molecule has 1 aliphatic rings. The SMILES string of the molecule is C/C=C(\C)[C@H]1OC(=O)[C@@H](C)NC(=O)C(C(C)CC)NC(=O)CN(C)C(=O)[C@@H](Cc2ccccc2)N(C)C(=O)[C@H](C)NC(=O)[C@@H](Cc2ccccc2)NC(=O)/C(C)=C/C[C@H](O)[C@@H]1C. The molecular formula is C47H66N6O9. The van der Waals surface area contributed by atoms with Crippen LogP contribution in [0.4, 0.5) is 0 Å². The molecular weight excluding hydrogens is 793 g/mol. The van der Waals surface area contributed by atoms with Gasteiger partial charge in [-0.3, -0.25) is 28.8 Å². The van der Waals surface area contributed by atoms with Crippen molar-refractivity contribution in [1.82, 2.24) is 31.1 Å². The van der Waals surface area contributed by atoms with Crippen LogP contribution in [0.1, 0.15) is 79.4 Å². The van der Waals surface area contributed by atoms with E-state index in [4.69, 9.17) is 4.74 Å². The number of ether oxygens (including phenoxy) is 1. The van der Waals surface area contributed by atoms with Crippen LogP contribution in [0, 0.1) is 11.8 Å². The highest BCUT2D eigenvalue weighted by Gasteiger charge is 2.36. The molecule has 0 radical (unpaired) electrons. The summed E-state index contributed by atoms with van der Waals surface area (Å²) < 4.78 is 5.90. The zero-order chi connectivity index (χ0) is 46.3. The van der Waals surface area contributed by atoms with E-state index in [1.807, 2.05) is 43.3 Å². The maximum Gasteiger partial charge on any atom is 0.328 e. The van der Waals surface area contributed by atoms with Gasteiger partial charge in [0.25, 0.3) is 0 Å². The number of aliphatic hydroxyl groups is 1. The molecule has 2 aromatic carbocycles. The van der Waals surface area contributed by atoms with E-state index in [-0.39, 0.29) is 30.8 Å². The Morgan fingerprint density at radius 3 is 1.95 bits per heavy atom. The van der Waals surface area contributed by atoms with Crippen LogP contribution in [-0.2, 0) is 51.1 Å². The molecule has 2 unspecified atom stereocenters. The minimum Gasteiger partial charge on any atom is -0.456 e. The van der Waals surface area contributed by atoms with E-state index in [1.54, 1.807) is 65.0 Å². The lowest BCUT2D eigenvalue weighted by molar-refractivity contribution is -0.155. The van der Waals surface area contributed by atoms with E-state index in [9.17, 15) is 38.7 Å². The van der Waals surface area contributed by atoms with Gasteiger partial charge in [-0.2, -0.15) is 0 Å². The van der Waals surface area contributed by atoms with Crippen molar-refractivity contribution in [2.75, 3.05) is 20.6 Å². The fourth-order valence-electron chi connectivity index (χ4n) is 7.04. The van der Waals surface area contributed by atoms with Gasteiger partial charge in [0, 0.05) is 38.4 Å². The Balaban J connectivity index is 2.07. The zero-order valence-corrected chi connectivity index (χ0v) is 37.8. The Labute approximate surface area is 366 Å². The topological polar surface area (TPSA) is 204 Å². The van der Waals surface area contributed by atoms with Crippen LogP contribution in [0.25, 0.3) is 0 Å². The second-order valence-corrected chi connectivity index (χ2v) is 16.4. The third-order valence-corrected chi connectivity index (χ3v) is 11.5. The first kappa shape index (κ1) is 50.5. The van der Waals surface area contributed by atoms with Gasteiger partial charge in [-0.05, 0) is 63.7 Å². The summed E-state index contributed by atoms with van der Waals surface area (Å²) in [5.41, 5.74) is 2.36. The first-order chi connectivity index (χ1) is 29.3. The summed E-state index contributed by atoms with van der Waals surface area (Å²) in [5.74, 6) is -5.45. The predicted octanol–water partition coefficient (Wildman–Crippen LogP) is 3.01. The van der Waals surface area contributed by atoms with Crippen LogP contribution in [0.3, 0.4) is 0 Å². The molecule has 5 N–H and O–H groups in total. The molecule has 0 saturated carbocycles. The number of amides is 6. The highest BCUT2D eigenvalue weighted by Crippen LogP contribution is 2.23. The minimum absolute atomic E-state index is 0.000482. The van der Waals surface area contributed by atoms with Gasteiger partial charge < -0.3 is 40.9 Å². The van der Waals surface area contributed by atoms with Crippen molar-refractivity contribution in [1.29, 1.82) is 0 Å². The Morgan fingerprint density at radius 2 is 1.39 bits per heavy atom. The Hall–Kier alpha value is -5.83. The molecule has 1 aliphatic heterocycles. The van der Waals surface area contributed by atoms with Crippen molar-refractivity contribution in [3.63, 3.8) is 0 Å². The van der Waals surface area contributed by atoms with Crippen molar-refractivity contribution in [2.24, 2.45) is 11.8 Å². The molecule has 0 fully saturated rings. The van der Waals surface area contributed by atoms with Crippen LogP contribution in [0.2, 0.25) is 0 Å². The molecule has 15 nitrogen and oxygen atoms in total. The normalized spacial score (nSPS) is 27.8. The van der Waals surface area contributed by atoms with Crippen LogP contribution < -0.4 is 21.3 Å². The fraction of sp³-hybridized carbons (Fsp3) is 0.511. The third kappa shape index (κ3) is 14.4. The molecule has 0 aliphatic carbocycles. The van der Waals surface area contributed by atoms with E-state index in [1.165, 1.54) is 43.8 Å². The van der Waals surface area contributed by atoms with Gasteiger partial charge in [-0.1, -0.05) is 100 Å². The lowest BCUT2D eigenvalue weighted by Gasteiger charge is -2.33. The number of cyclic esters (lactones) is 1. The predicted molar refractivity (Wildman–Crippen MR) is 236 cm³/mol. The maximum absolute atomic E-state index is 14.2. The van der Waals surface area contributed by atoms with Crippen molar-refractivity contribution in [3.05, 3.63) is 95.1 Å². The van der Waals surface area contributed by atoms with Crippen molar-refractivity contribution < 1.29 is 43.4 Å². The van der Waals surface area contributed by atoms with Gasteiger partial charge in [0.2, 0.25) is 35.4 Å². The number of esters is 1.